The van der Waals surface area contributed by atoms with E-state index in [-0.39, 0.29) is 11.0 Å². The van der Waals surface area contributed by atoms with E-state index in [4.69, 9.17) is 17.0 Å². The Kier molecular flexibility index (Phi) is 4.17. The normalized spacial score (nSPS) is 11.7. The number of amides is 1. The van der Waals surface area contributed by atoms with Gasteiger partial charge in [-0.25, -0.2) is 4.98 Å². The molecular formula is C18H13N3O2S2. The number of carbonyl (C=O) groups is 1. The van der Waals surface area contributed by atoms with E-state index in [0.29, 0.717) is 17.3 Å². The molecule has 3 aromatic rings. The quantitative estimate of drug-likeness (QED) is 0.674. The van der Waals surface area contributed by atoms with Crippen LogP contribution in [0.1, 0.15) is 15.2 Å². The van der Waals surface area contributed by atoms with Crippen LogP contribution in [0.2, 0.25) is 0 Å². The van der Waals surface area contributed by atoms with E-state index >= 15 is 0 Å². The van der Waals surface area contributed by atoms with Crippen LogP contribution in [0.5, 0.6) is 5.75 Å². The Morgan fingerprint density at radius 2 is 1.88 bits per heavy atom. The van der Waals surface area contributed by atoms with Gasteiger partial charge in [0.25, 0.3) is 5.91 Å². The molecule has 0 radical (unpaired) electrons. The molecular weight excluding hydrogens is 354 g/mol. The smallest absolute Gasteiger partial charge is 0.257 e. The zero-order valence-corrected chi connectivity index (χ0v) is 14.6. The lowest BCUT2D eigenvalue weighted by molar-refractivity contribution is 0.0977. The Hall–Kier alpha value is -2.77. The second-order valence-corrected chi connectivity index (χ2v) is 6.84. The van der Waals surface area contributed by atoms with E-state index in [1.807, 2.05) is 30.3 Å². The third-order valence-corrected chi connectivity index (χ3v) is 4.83. The number of thiazole rings is 1. The Balaban J connectivity index is 1.49. The minimum absolute atomic E-state index is 0.217. The molecule has 2 aromatic carbocycles. The maximum Gasteiger partial charge on any atom is 0.257 e. The molecule has 1 aliphatic rings. The molecule has 0 bridgehead atoms. The van der Waals surface area contributed by atoms with Crippen molar-refractivity contribution in [3.05, 3.63) is 65.0 Å². The van der Waals surface area contributed by atoms with Gasteiger partial charge in [0.05, 0.1) is 10.6 Å². The van der Waals surface area contributed by atoms with Gasteiger partial charge in [0.1, 0.15) is 12.4 Å². The Bertz CT molecular complexity index is 954. The highest BCUT2D eigenvalue weighted by Gasteiger charge is 2.22. The zero-order chi connectivity index (χ0) is 17.2. The summed E-state index contributed by atoms with van der Waals surface area (Å²) < 4.78 is 5.73. The molecule has 124 valence electrons. The monoisotopic (exact) mass is 367 g/mol. The molecule has 7 heteroatoms. The lowest BCUT2D eigenvalue weighted by atomic mass is 10.1. The second kappa shape index (κ2) is 6.62. The first-order chi connectivity index (χ1) is 12.2. The number of hydrogen-bond donors (Lipinski definition) is 2. The van der Waals surface area contributed by atoms with Crippen molar-refractivity contribution in [3.63, 3.8) is 0 Å². The van der Waals surface area contributed by atoms with Crippen molar-refractivity contribution in [2.24, 2.45) is 0 Å². The van der Waals surface area contributed by atoms with Crippen molar-refractivity contribution < 1.29 is 9.53 Å². The van der Waals surface area contributed by atoms with Crippen LogP contribution >= 0.6 is 23.6 Å². The molecule has 2 heterocycles. The molecule has 0 saturated heterocycles. The van der Waals surface area contributed by atoms with Gasteiger partial charge in [-0.05, 0) is 36.5 Å². The van der Waals surface area contributed by atoms with Gasteiger partial charge in [0.2, 0.25) is 0 Å². The summed E-state index contributed by atoms with van der Waals surface area (Å²) in [5, 5.41) is 6.49. The van der Waals surface area contributed by atoms with E-state index in [0.717, 1.165) is 21.9 Å². The van der Waals surface area contributed by atoms with E-state index in [2.05, 4.69) is 15.6 Å². The SMILES string of the molecule is O=C(NC(=S)Nc1nc2c(s1)COc1ccccc1-2)c1ccccc1. The number of thiocarbonyl (C=S) groups is 1. The molecule has 0 unspecified atom stereocenters. The van der Waals surface area contributed by atoms with E-state index in [1.54, 1.807) is 24.3 Å². The number of fused-ring (bicyclic) bond motifs is 3. The third-order valence-electron chi connectivity index (χ3n) is 3.68. The van der Waals surface area contributed by atoms with Crippen LogP contribution in [0, 0.1) is 0 Å². The topological polar surface area (TPSA) is 63.2 Å². The average Bonchev–Trinajstić information content (AvgIpc) is 3.05. The molecule has 25 heavy (non-hydrogen) atoms. The van der Waals surface area contributed by atoms with E-state index in [1.165, 1.54) is 11.3 Å². The van der Waals surface area contributed by atoms with Gasteiger partial charge in [0, 0.05) is 11.1 Å². The summed E-state index contributed by atoms with van der Waals surface area (Å²) in [7, 11) is 0. The van der Waals surface area contributed by atoms with Gasteiger partial charge in [0.15, 0.2) is 10.2 Å². The summed E-state index contributed by atoms with van der Waals surface area (Å²) in [4.78, 5) is 17.8. The average molecular weight is 367 g/mol. The zero-order valence-electron chi connectivity index (χ0n) is 13.0. The lowest BCUT2D eigenvalue weighted by Gasteiger charge is -2.15. The Labute approximate surface area is 153 Å². The van der Waals surface area contributed by atoms with Crippen LogP contribution < -0.4 is 15.4 Å². The van der Waals surface area contributed by atoms with E-state index < -0.39 is 0 Å². The first kappa shape index (κ1) is 15.7. The fourth-order valence-corrected chi connectivity index (χ4v) is 3.69. The fraction of sp³-hybridized carbons (Fsp3) is 0.0556. The summed E-state index contributed by atoms with van der Waals surface area (Å²) in [6.07, 6.45) is 0. The second-order valence-electron chi connectivity index (χ2n) is 5.35. The van der Waals surface area contributed by atoms with Crippen LogP contribution in [-0.4, -0.2) is 16.0 Å². The molecule has 5 nitrogen and oxygen atoms in total. The molecule has 0 saturated carbocycles. The highest BCUT2D eigenvalue weighted by Crippen LogP contribution is 2.40. The molecule has 4 rings (SSSR count). The van der Waals surface area contributed by atoms with Crippen LogP contribution in [0.15, 0.2) is 54.6 Å². The number of anilines is 1. The summed E-state index contributed by atoms with van der Waals surface area (Å²) >= 11 is 6.69. The number of aromatic nitrogens is 1. The lowest BCUT2D eigenvalue weighted by Crippen LogP contribution is -2.34. The van der Waals surface area contributed by atoms with Crippen LogP contribution in [-0.2, 0) is 6.61 Å². The first-order valence-corrected chi connectivity index (χ1v) is 8.82. The largest absolute Gasteiger partial charge is 0.487 e. The van der Waals surface area contributed by atoms with E-state index in [9.17, 15) is 4.79 Å². The highest BCUT2D eigenvalue weighted by atomic mass is 32.1. The number of nitrogens with zero attached hydrogens (tertiary/aromatic N) is 1. The molecule has 0 aliphatic carbocycles. The van der Waals surface area contributed by atoms with Crippen molar-refractivity contribution in [3.8, 4) is 17.0 Å². The van der Waals surface area contributed by atoms with Gasteiger partial charge >= 0.3 is 0 Å². The van der Waals surface area contributed by atoms with Crippen LogP contribution in [0.25, 0.3) is 11.3 Å². The summed E-state index contributed by atoms with van der Waals surface area (Å²) in [5.41, 5.74) is 2.41. The van der Waals surface area contributed by atoms with Crippen molar-refractivity contribution in [1.82, 2.24) is 10.3 Å². The molecule has 2 N–H and O–H groups in total. The van der Waals surface area contributed by atoms with Crippen molar-refractivity contribution >= 4 is 39.7 Å². The Morgan fingerprint density at radius 1 is 1.12 bits per heavy atom. The van der Waals surface area contributed by atoms with Crippen LogP contribution in [0.4, 0.5) is 5.13 Å². The fourth-order valence-electron chi connectivity index (χ4n) is 2.54. The summed E-state index contributed by atoms with van der Waals surface area (Å²) in [6, 6.07) is 16.7. The van der Waals surface area contributed by atoms with Crippen molar-refractivity contribution in [1.29, 1.82) is 0 Å². The molecule has 1 amide bonds. The number of nitrogens with one attached hydrogen (secondary N) is 2. The molecule has 1 aromatic heterocycles. The number of rotatable bonds is 2. The maximum absolute atomic E-state index is 12.1. The van der Waals surface area contributed by atoms with Crippen LogP contribution in [0.3, 0.4) is 0 Å². The number of carbonyl (C=O) groups excluding carboxylic acids is 1. The number of hydrogen-bond acceptors (Lipinski definition) is 5. The predicted octanol–water partition coefficient (Wildman–Crippen LogP) is 3.83. The number of benzene rings is 2. The predicted molar refractivity (Wildman–Crippen MR) is 102 cm³/mol. The minimum Gasteiger partial charge on any atom is -0.487 e. The maximum atomic E-state index is 12.1. The third kappa shape index (κ3) is 3.24. The minimum atomic E-state index is -0.256. The summed E-state index contributed by atoms with van der Waals surface area (Å²) in [6.45, 7) is 0.481. The molecule has 0 spiro atoms. The molecule has 0 fully saturated rings. The van der Waals surface area contributed by atoms with Gasteiger partial charge < -0.3 is 10.1 Å². The van der Waals surface area contributed by atoms with Gasteiger partial charge in [-0.1, -0.05) is 41.7 Å². The van der Waals surface area contributed by atoms with Gasteiger partial charge in [-0.2, -0.15) is 0 Å². The number of para-hydroxylation sites is 1. The molecule has 1 aliphatic heterocycles. The van der Waals surface area contributed by atoms with Gasteiger partial charge in [-0.15, -0.1) is 0 Å². The molecule has 0 atom stereocenters. The standard InChI is InChI=1S/C18H13N3O2S2/c22-16(11-6-2-1-3-7-11)20-17(24)21-18-19-15-12-8-4-5-9-13(12)23-10-14(15)25-18/h1-9H,10H2,(H2,19,20,21,22,24). The summed E-state index contributed by atoms with van der Waals surface area (Å²) in [5.74, 6) is 0.569. The number of ether oxygens (including phenoxy) is 1. The van der Waals surface area contributed by atoms with Crippen molar-refractivity contribution in [2.75, 3.05) is 5.32 Å². The first-order valence-electron chi connectivity index (χ1n) is 7.60. The Morgan fingerprint density at radius 3 is 2.72 bits per heavy atom. The van der Waals surface area contributed by atoms with Gasteiger partial charge in [-0.3, -0.25) is 10.1 Å². The van der Waals surface area contributed by atoms with Crippen molar-refractivity contribution in [2.45, 2.75) is 6.61 Å². The highest BCUT2D eigenvalue weighted by molar-refractivity contribution is 7.80.